The standard InChI is InChI=1S/C19H20F2N6O3/c20-6-8-30-19(29)26-7-5-12(9-22)16(11-26)27-10-15(17(23)28)18(25-27)24-14-3-1-13(21)2-4-14/h1-4,10,12,16H,5-8,11H2,(H2,23,28)(H,24,25)/t12?,16-/m1/s1. The van der Waals surface area contributed by atoms with Crippen LogP contribution in [-0.2, 0) is 4.74 Å². The van der Waals surface area contributed by atoms with E-state index in [1.807, 2.05) is 0 Å². The third-order valence-electron chi connectivity index (χ3n) is 4.75. The number of hydrogen-bond donors (Lipinski definition) is 2. The van der Waals surface area contributed by atoms with Gasteiger partial charge in [-0.2, -0.15) is 10.4 Å². The van der Waals surface area contributed by atoms with Gasteiger partial charge in [-0.05, 0) is 30.7 Å². The number of nitrogens with one attached hydrogen (secondary N) is 1. The Morgan fingerprint density at radius 3 is 2.73 bits per heavy atom. The van der Waals surface area contributed by atoms with Gasteiger partial charge in [-0.15, -0.1) is 0 Å². The summed E-state index contributed by atoms with van der Waals surface area (Å²) in [5.74, 6) is -1.49. The monoisotopic (exact) mass is 418 g/mol. The first kappa shape index (κ1) is 21.0. The van der Waals surface area contributed by atoms with E-state index in [0.29, 0.717) is 12.1 Å². The van der Waals surface area contributed by atoms with Gasteiger partial charge in [-0.1, -0.05) is 0 Å². The maximum atomic E-state index is 13.1. The maximum Gasteiger partial charge on any atom is 0.409 e. The number of halogens is 2. The van der Waals surface area contributed by atoms with E-state index in [1.165, 1.54) is 40.0 Å². The van der Waals surface area contributed by atoms with E-state index in [0.717, 1.165) is 0 Å². The van der Waals surface area contributed by atoms with Crippen LogP contribution in [0, 0.1) is 23.1 Å². The molecule has 1 unspecified atom stereocenters. The Labute approximate surface area is 171 Å². The van der Waals surface area contributed by atoms with Gasteiger partial charge in [0.15, 0.2) is 5.82 Å². The second kappa shape index (κ2) is 9.21. The van der Waals surface area contributed by atoms with Crippen LogP contribution in [0.2, 0.25) is 0 Å². The Hall–Kier alpha value is -3.68. The van der Waals surface area contributed by atoms with Crippen molar-refractivity contribution in [2.75, 3.05) is 31.7 Å². The molecule has 3 N–H and O–H groups in total. The Balaban J connectivity index is 1.86. The van der Waals surface area contributed by atoms with Gasteiger partial charge in [-0.25, -0.2) is 13.6 Å². The molecular weight excluding hydrogens is 398 g/mol. The van der Waals surface area contributed by atoms with Crippen LogP contribution in [0.4, 0.5) is 25.1 Å². The Morgan fingerprint density at radius 1 is 1.37 bits per heavy atom. The van der Waals surface area contributed by atoms with E-state index in [1.54, 1.807) is 0 Å². The number of ether oxygens (including phenoxy) is 1. The predicted molar refractivity (Wildman–Crippen MR) is 102 cm³/mol. The number of nitrogens with two attached hydrogens (primary N) is 1. The van der Waals surface area contributed by atoms with E-state index in [4.69, 9.17) is 10.5 Å². The van der Waals surface area contributed by atoms with Crippen molar-refractivity contribution in [1.82, 2.24) is 14.7 Å². The van der Waals surface area contributed by atoms with Crippen molar-refractivity contribution in [1.29, 1.82) is 5.26 Å². The molecule has 11 heteroatoms. The van der Waals surface area contributed by atoms with Crippen LogP contribution in [0.5, 0.6) is 0 Å². The first-order valence-electron chi connectivity index (χ1n) is 9.21. The molecular formula is C19H20F2N6O3. The van der Waals surface area contributed by atoms with Gasteiger partial charge < -0.3 is 20.7 Å². The molecule has 1 fully saturated rings. The first-order valence-corrected chi connectivity index (χ1v) is 9.21. The average molecular weight is 418 g/mol. The maximum absolute atomic E-state index is 13.1. The van der Waals surface area contributed by atoms with Crippen LogP contribution in [0.1, 0.15) is 22.8 Å². The zero-order valence-electron chi connectivity index (χ0n) is 15.9. The summed E-state index contributed by atoms with van der Waals surface area (Å²) in [6.07, 6.45) is 1.08. The number of likely N-dealkylation sites (tertiary alicyclic amines) is 1. The summed E-state index contributed by atoms with van der Waals surface area (Å²) in [4.78, 5) is 25.3. The molecule has 158 valence electrons. The highest BCUT2D eigenvalue weighted by atomic mass is 19.1. The van der Waals surface area contributed by atoms with Gasteiger partial charge in [0.05, 0.1) is 18.0 Å². The summed E-state index contributed by atoms with van der Waals surface area (Å²) in [5.41, 5.74) is 6.02. The van der Waals surface area contributed by atoms with E-state index in [-0.39, 0.29) is 31.1 Å². The number of carbonyl (C=O) groups excluding carboxylic acids is 2. The Morgan fingerprint density at radius 2 is 2.10 bits per heavy atom. The summed E-state index contributed by atoms with van der Waals surface area (Å²) < 4.78 is 31.6. The van der Waals surface area contributed by atoms with Crippen LogP contribution < -0.4 is 11.1 Å². The van der Waals surface area contributed by atoms with Gasteiger partial charge in [-0.3, -0.25) is 9.48 Å². The topological polar surface area (TPSA) is 126 Å². The molecule has 0 radical (unpaired) electrons. The number of primary amides is 1. The lowest BCUT2D eigenvalue weighted by molar-refractivity contribution is 0.0722. The van der Waals surface area contributed by atoms with Crippen molar-refractivity contribution in [3.8, 4) is 6.07 Å². The predicted octanol–water partition coefficient (Wildman–Crippen LogP) is 2.36. The van der Waals surface area contributed by atoms with Gasteiger partial charge in [0.2, 0.25) is 0 Å². The Kier molecular flexibility index (Phi) is 6.46. The lowest BCUT2D eigenvalue weighted by Crippen LogP contribution is -2.44. The fraction of sp³-hybridized carbons (Fsp3) is 0.368. The number of nitrogens with zero attached hydrogens (tertiary/aromatic N) is 4. The molecule has 0 spiro atoms. The largest absolute Gasteiger partial charge is 0.447 e. The average Bonchev–Trinajstić information content (AvgIpc) is 3.17. The van der Waals surface area contributed by atoms with Crippen LogP contribution in [-0.4, -0.2) is 53.1 Å². The number of amides is 2. The van der Waals surface area contributed by atoms with E-state index >= 15 is 0 Å². The van der Waals surface area contributed by atoms with Crippen molar-refractivity contribution < 1.29 is 23.1 Å². The number of alkyl halides is 1. The van der Waals surface area contributed by atoms with Crippen LogP contribution in [0.15, 0.2) is 30.5 Å². The van der Waals surface area contributed by atoms with E-state index < -0.39 is 36.5 Å². The highest BCUT2D eigenvalue weighted by Gasteiger charge is 2.35. The third kappa shape index (κ3) is 4.65. The lowest BCUT2D eigenvalue weighted by atomic mass is 9.93. The summed E-state index contributed by atoms with van der Waals surface area (Å²) in [6, 6.07) is 7.06. The SMILES string of the molecule is N#CC1CCN(C(=O)OCCF)C[C@H]1n1cc(C(N)=O)c(Nc2ccc(F)cc2)n1. The van der Waals surface area contributed by atoms with Crippen molar-refractivity contribution in [2.45, 2.75) is 12.5 Å². The minimum absolute atomic E-state index is 0.0770. The number of piperidine rings is 1. The van der Waals surface area contributed by atoms with Gasteiger partial charge >= 0.3 is 6.09 Å². The number of aromatic nitrogens is 2. The van der Waals surface area contributed by atoms with E-state index in [2.05, 4.69) is 16.5 Å². The molecule has 1 saturated heterocycles. The summed E-state index contributed by atoms with van der Waals surface area (Å²) >= 11 is 0. The first-order chi connectivity index (χ1) is 14.4. The molecule has 0 aliphatic carbocycles. The highest BCUT2D eigenvalue weighted by Crippen LogP contribution is 2.30. The molecule has 0 bridgehead atoms. The van der Waals surface area contributed by atoms with Crippen LogP contribution in [0.3, 0.4) is 0 Å². The van der Waals surface area contributed by atoms with E-state index in [9.17, 15) is 23.6 Å². The van der Waals surface area contributed by atoms with Gasteiger partial charge in [0.1, 0.15) is 24.7 Å². The normalized spacial score (nSPS) is 18.5. The zero-order chi connectivity index (χ0) is 21.7. The molecule has 1 aromatic carbocycles. The molecule has 2 atom stereocenters. The van der Waals surface area contributed by atoms with Gasteiger partial charge in [0.25, 0.3) is 5.91 Å². The van der Waals surface area contributed by atoms with Crippen molar-refractivity contribution in [2.24, 2.45) is 11.7 Å². The van der Waals surface area contributed by atoms with Crippen molar-refractivity contribution in [3.63, 3.8) is 0 Å². The zero-order valence-corrected chi connectivity index (χ0v) is 15.9. The molecule has 1 aromatic heterocycles. The molecule has 0 saturated carbocycles. The molecule has 2 amide bonds. The molecule has 3 rings (SSSR count). The molecule has 1 aliphatic heterocycles. The summed E-state index contributed by atoms with van der Waals surface area (Å²) in [6.45, 7) is -0.756. The van der Waals surface area contributed by atoms with Crippen molar-refractivity contribution in [3.05, 3.63) is 41.8 Å². The minimum atomic E-state index is -0.788. The minimum Gasteiger partial charge on any atom is -0.447 e. The molecule has 9 nitrogen and oxygen atoms in total. The molecule has 1 aliphatic rings. The van der Waals surface area contributed by atoms with Crippen LogP contribution in [0.25, 0.3) is 0 Å². The van der Waals surface area contributed by atoms with Crippen LogP contribution >= 0.6 is 0 Å². The number of rotatable bonds is 6. The number of benzene rings is 1. The number of anilines is 2. The highest BCUT2D eigenvalue weighted by molar-refractivity contribution is 5.98. The Bertz CT molecular complexity index is 956. The smallest absolute Gasteiger partial charge is 0.409 e. The number of hydrogen-bond acceptors (Lipinski definition) is 6. The van der Waals surface area contributed by atoms with Crippen molar-refractivity contribution >= 4 is 23.5 Å². The summed E-state index contributed by atoms with van der Waals surface area (Å²) in [7, 11) is 0. The fourth-order valence-corrected chi connectivity index (χ4v) is 3.24. The number of carbonyl (C=O) groups is 2. The third-order valence-corrected chi connectivity index (χ3v) is 4.75. The lowest BCUT2D eigenvalue weighted by Gasteiger charge is -2.35. The fourth-order valence-electron chi connectivity index (χ4n) is 3.24. The number of nitriles is 1. The second-order valence-corrected chi connectivity index (χ2v) is 6.71. The van der Waals surface area contributed by atoms with Gasteiger partial charge in [0, 0.05) is 25.0 Å². The quantitative estimate of drug-likeness (QED) is 0.742. The summed E-state index contributed by atoms with van der Waals surface area (Å²) in [5, 5.41) is 16.8. The second-order valence-electron chi connectivity index (χ2n) is 6.71. The molecule has 2 heterocycles. The molecule has 2 aromatic rings. The molecule has 30 heavy (non-hydrogen) atoms.